The Morgan fingerprint density at radius 2 is 2.06 bits per heavy atom. The highest BCUT2D eigenvalue weighted by molar-refractivity contribution is 6.05. The second-order valence-corrected chi connectivity index (χ2v) is 6.83. The minimum absolute atomic E-state index is 0.0141. The first-order chi connectivity index (χ1) is 15.1. The number of amidine groups is 1. The SMILES string of the molecule is CC1(c2nc(NC(=O)c3ncc(OCCCF)nc3N)ccc2F)N=C(N)OCC1(F)F. The number of ether oxygens (including phenoxy) is 2. The molecule has 1 amide bonds. The Kier molecular flexibility index (Phi) is 6.32. The lowest BCUT2D eigenvalue weighted by molar-refractivity contribution is -0.118. The lowest BCUT2D eigenvalue weighted by Crippen LogP contribution is -2.51. The minimum Gasteiger partial charge on any atom is -0.476 e. The number of nitrogens with two attached hydrogens (primary N) is 2. The summed E-state index contributed by atoms with van der Waals surface area (Å²) in [6.45, 7) is -0.710. The van der Waals surface area contributed by atoms with E-state index in [9.17, 15) is 22.4 Å². The number of carbonyl (C=O) groups is 1. The number of aliphatic imine (C=N–C) groups is 1. The molecule has 14 heteroatoms. The van der Waals surface area contributed by atoms with E-state index in [-0.39, 0.29) is 36.2 Å². The number of nitrogens with zero attached hydrogens (tertiary/aromatic N) is 4. The monoisotopic (exact) mass is 457 g/mol. The van der Waals surface area contributed by atoms with Gasteiger partial charge in [0, 0.05) is 6.42 Å². The van der Waals surface area contributed by atoms with E-state index in [2.05, 4.69) is 30.0 Å². The van der Waals surface area contributed by atoms with E-state index in [4.69, 9.17) is 16.2 Å². The summed E-state index contributed by atoms with van der Waals surface area (Å²) in [7, 11) is 0. The predicted octanol–water partition coefficient (Wildman–Crippen LogP) is 1.78. The van der Waals surface area contributed by atoms with E-state index in [1.807, 2.05) is 0 Å². The average molecular weight is 457 g/mol. The van der Waals surface area contributed by atoms with Crippen molar-refractivity contribution in [1.82, 2.24) is 15.0 Å². The lowest BCUT2D eigenvalue weighted by atomic mass is 9.89. The number of nitrogen functional groups attached to an aromatic ring is 1. The summed E-state index contributed by atoms with van der Waals surface area (Å²) >= 11 is 0. The first-order valence-corrected chi connectivity index (χ1v) is 9.23. The van der Waals surface area contributed by atoms with E-state index in [1.165, 1.54) is 0 Å². The van der Waals surface area contributed by atoms with Crippen LogP contribution in [0.25, 0.3) is 0 Å². The van der Waals surface area contributed by atoms with Crippen LogP contribution in [-0.2, 0) is 10.3 Å². The summed E-state index contributed by atoms with van der Waals surface area (Å²) in [5, 5.41) is 2.29. The van der Waals surface area contributed by atoms with Crippen LogP contribution in [-0.4, -0.2) is 52.7 Å². The predicted molar refractivity (Wildman–Crippen MR) is 105 cm³/mol. The van der Waals surface area contributed by atoms with Gasteiger partial charge in [-0.1, -0.05) is 0 Å². The molecule has 172 valence electrons. The molecule has 0 saturated heterocycles. The quantitative estimate of drug-likeness (QED) is 0.421. The Morgan fingerprint density at radius 1 is 1.31 bits per heavy atom. The summed E-state index contributed by atoms with van der Waals surface area (Å²) in [6, 6.07) is 1.35. The van der Waals surface area contributed by atoms with Crippen LogP contribution in [0, 0.1) is 5.82 Å². The normalized spacial score (nSPS) is 19.6. The molecule has 0 fully saturated rings. The number of amides is 1. The third-order valence-electron chi connectivity index (χ3n) is 4.52. The van der Waals surface area contributed by atoms with Crippen LogP contribution in [0.3, 0.4) is 0 Å². The van der Waals surface area contributed by atoms with Crippen LogP contribution in [0.4, 0.5) is 29.2 Å². The fourth-order valence-electron chi connectivity index (χ4n) is 2.76. The summed E-state index contributed by atoms with van der Waals surface area (Å²) in [6.07, 6.45) is 1.25. The second kappa shape index (κ2) is 8.80. The second-order valence-electron chi connectivity index (χ2n) is 6.83. The number of anilines is 2. The summed E-state index contributed by atoms with van der Waals surface area (Å²) in [4.78, 5) is 27.5. The van der Waals surface area contributed by atoms with Gasteiger partial charge >= 0.3 is 5.92 Å². The van der Waals surface area contributed by atoms with Crippen LogP contribution < -0.4 is 21.5 Å². The first-order valence-electron chi connectivity index (χ1n) is 9.23. The molecular formula is C18H19F4N7O3. The van der Waals surface area contributed by atoms with Crippen molar-refractivity contribution >= 4 is 23.6 Å². The van der Waals surface area contributed by atoms with Gasteiger partial charge in [-0.25, -0.2) is 19.4 Å². The molecule has 0 bridgehead atoms. The Bertz CT molecular complexity index is 1050. The maximum absolute atomic E-state index is 14.5. The van der Waals surface area contributed by atoms with Crippen molar-refractivity contribution in [1.29, 1.82) is 0 Å². The van der Waals surface area contributed by atoms with Crippen molar-refractivity contribution in [3.63, 3.8) is 0 Å². The largest absolute Gasteiger partial charge is 0.476 e. The van der Waals surface area contributed by atoms with Crippen molar-refractivity contribution in [2.24, 2.45) is 10.7 Å². The highest BCUT2D eigenvalue weighted by Gasteiger charge is 2.57. The highest BCUT2D eigenvalue weighted by Crippen LogP contribution is 2.43. The van der Waals surface area contributed by atoms with Crippen molar-refractivity contribution < 1.29 is 31.8 Å². The number of halogens is 4. The number of pyridine rings is 1. The van der Waals surface area contributed by atoms with E-state index in [0.717, 1.165) is 25.3 Å². The van der Waals surface area contributed by atoms with Gasteiger partial charge in [-0.15, -0.1) is 0 Å². The molecule has 1 unspecified atom stereocenters. The Hall–Kier alpha value is -3.71. The smallest absolute Gasteiger partial charge is 0.311 e. The molecule has 0 radical (unpaired) electrons. The minimum atomic E-state index is -3.64. The molecule has 1 aliphatic heterocycles. The fourth-order valence-corrected chi connectivity index (χ4v) is 2.76. The van der Waals surface area contributed by atoms with Crippen LogP contribution in [0.2, 0.25) is 0 Å². The Labute approximate surface area is 179 Å². The number of nitrogens with one attached hydrogen (secondary N) is 1. The summed E-state index contributed by atoms with van der Waals surface area (Å²) < 4.78 is 65.2. The first kappa shape index (κ1) is 23.0. The zero-order chi connectivity index (χ0) is 23.5. The van der Waals surface area contributed by atoms with Gasteiger partial charge in [-0.3, -0.25) is 9.18 Å². The highest BCUT2D eigenvalue weighted by atomic mass is 19.3. The van der Waals surface area contributed by atoms with Crippen molar-refractivity contribution in [2.45, 2.75) is 24.8 Å². The van der Waals surface area contributed by atoms with E-state index < -0.39 is 48.2 Å². The van der Waals surface area contributed by atoms with Crippen LogP contribution >= 0.6 is 0 Å². The number of hydrogen-bond acceptors (Lipinski definition) is 9. The molecular weight excluding hydrogens is 438 g/mol. The van der Waals surface area contributed by atoms with Gasteiger partial charge in [0.25, 0.3) is 11.9 Å². The maximum atomic E-state index is 14.5. The molecule has 32 heavy (non-hydrogen) atoms. The molecule has 10 nitrogen and oxygen atoms in total. The number of alkyl halides is 3. The molecule has 0 saturated carbocycles. The van der Waals surface area contributed by atoms with E-state index >= 15 is 0 Å². The zero-order valence-corrected chi connectivity index (χ0v) is 16.7. The zero-order valence-electron chi connectivity index (χ0n) is 16.7. The van der Waals surface area contributed by atoms with Crippen LogP contribution in [0.5, 0.6) is 5.88 Å². The van der Waals surface area contributed by atoms with Crippen LogP contribution in [0.1, 0.15) is 29.5 Å². The third-order valence-corrected chi connectivity index (χ3v) is 4.52. The molecule has 0 aromatic carbocycles. The molecule has 2 aromatic rings. The number of aromatic nitrogens is 3. The van der Waals surface area contributed by atoms with Gasteiger partial charge in [-0.05, 0) is 19.1 Å². The van der Waals surface area contributed by atoms with Gasteiger partial charge < -0.3 is 26.3 Å². The molecule has 3 rings (SSSR count). The van der Waals surface area contributed by atoms with Crippen molar-refractivity contribution in [3.8, 4) is 5.88 Å². The summed E-state index contributed by atoms with van der Waals surface area (Å²) in [5.74, 6) is -6.20. The van der Waals surface area contributed by atoms with Gasteiger partial charge in [0.05, 0.1) is 19.5 Å². The maximum Gasteiger partial charge on any atom is 0.311 e. The van der Waals surface area contributed by atoms with Gasteiger partial charge in [0.1, 0.15) is 17.3 Å². The fraction of sp³-hybridized carbons (Fsp3) is 0.389. The molecule has 5 N–H and O–H groups in total. The number of hydrogen-bond donors (Lipinski definition) is 3. The lowest BCUT2D eigenvalue weighted by Gasteiger charge is -2.36. The Balaban J connectivity index is 1.85. The third kappa shape index (κ3) is 4.48. The van der Waals surface area contributed by atoms with E-state index in [0.29, 0.717) is 0 Å². The van der Waals surface area contributed by atoms with Crippen molar-refractivity contribution in [3.05, 3.63) is 35.5 Å². The molecule has 1 atom stereocenters. The van der Waals surface area contributed by atoms with Crippen LogP contribution in [0.15, 0.2) is 23.3 Å². The van der Waals surface area contributed by atoms with Gasteiger partial charge in [0.2, 0.25) is 5.88 Å². The molecule has 1 aliphatic rings. The molecule has 0 spiro atoms. The van der Waals surface area contributed by atoms with Crippen molar-refractivity contribution in [2.75, 3.05) is 30.9 Å². The number of rotatable bonds is 7. The van der Waals surface area contributed by atoms with Gasteiger partial charge in [-0.2, -0.15) is 13.8 Å². The average Bonchev–Trinajstić information content (AvgIpc) is 2.73. The molecule has 0 aliphatic carbocycles. The standard InChI is InChI=1S/C18H19F4N7O3/c1-17(18(21,22)8-32-16(24)29-17)13-9(20)3-4-10(26-13)27-15(30)12-14(23)28-11(7-25-12)31-6-2-5-19/h3-4,7H,2,5-6,8H2,1H3,(H2,23,28)(H2,24,29)(H,26,27,30). The number of carbonyl (C=O) groups excluding carboxylic acids is 1. The molecule has 3 heterocycles. The van der Waals surface area contributed by atoms with Gasteiger partial charge in [0.15, 0.2) is 23.7 Å². The Morgan fingerprint density at radius 3 is 2.75 bits per heavy atom. The topological polar surface area (TPSA) is 151 Å². The molecule has 2 aromatic heterocycles. The van der Waals surface area contributed by atoms with E-state index in [1.54, 1.807) is 0 Å². The summed E-state index contributed by atoms with van der Waals surface area (Å²) in [5.41, 5.74) is 7.57.